The first-order valence-electron chi connectivity index (χ1n) is 4.57. The Labute approximate surface area is 86.3 Å². The Morgan fingerprint density at radius 1 is 1.00 bits per heavy atom. The van der Waals surface area contributed by atoms with E-state index < -0.39 is 11.9 Å². The van der Waals surface area contributed by atoms with Gasteiger partial charge in [-0.05, 0) is 24.0 Å². The molecule has 1 rings (SSSR count). The Morgan fingerprint density at radius 2 is 1.40 bits per heavy atom. The summed E-state index contributed by atoms with van der Waals surface area (Å²) in [4.78, 5) is 20.7. The number of aliphatic carboxylic acids is 2. The van der Waals surface area contributed by atoms with Crippen LogP contribution in [0.25, 0.3) is 0 Å². The van der Waals surface area contributed by atoms with E-state index in [1.54, 1.807) is 0 Å². The SMILES string of the molecule is O=C(O)CCc1cocc1CCC(=O)O. The molecule has 0 atom stereocenters. The molecule has 0 aliphatic rings. The Balaban J connectivity index is 2.53. The Morgan fingerprint density at radius 3 is 1.73 bits per heavy atom. The number of furan rings is 1. The van der Waals surface area contributed by atoms with Gasteiger partial charge in [-0.2, -0.15) is 0 Å². The molecule has 0 aliphatic carbocycles. The van der Waals surface area contributed by atoms with Crippen LogP contribution in [0.2, 0.25) is 0 Å². The number of hydrogen-bond donors (Lipinski definition) is 2. The molecule has 1 aromatic heterocycles. The van der Waals surface area contributed by atoms with Crippen molar-refractivity contribution in [1.82, 2.24) is 0 Å². The van der Waals surface area contributed by atoms with Crippen LogP contribution in [0.3, 0.4) is 0 Å². The highest BCUT2D eigenvalue weighted by molar-refractivity contribution is 5.68. The molecule has 82 valence electrons. The molecule has 0 fully saturated rings. The molecule has 5 nitrogen and oxygen atoms in total. The van der Waals surface area contributed by atoms with Crippen LogP contribution in [0.1, 0.15) is 24.0 Å². The Hall–Kier alpha value is -1.78. The third-order valence-electron chi connectivity index (χ3n) is 2.05. The summed E-state index contributed by atoms with van der Waals surface area (Å²) in [6.45, 7) is 0. The molecule has 1 heterocycles. The molecule has 0 amide bonds. The van der Waals surface area contributed by atoms with Gasteiger partial charge in [-0.1, -0.05) is 0 Å². The standard InChI is InChI=1S/C10H12O5/c11-9(12)3-1-7-5-15-6-8(7)2-4-10(13)14/h5-6H,1-4H2,(H,11,12)(H,13,14). The summed E-state index contributed by atoms with van der Waals surface area (Å²) in [5.41, 5.74) is 1.55. The number of rotatable bonds is 6. The molecular formula is C10H12O5. The molecule has 0 bridgehead atoms. The van der Waals surface area contributed by atoms with Crippen LogP contribution in [-0.2, 0) is 22.4 Å². The number of hydrogen-bond acceptors (Lipinski definition) is 3. The highest BCUT2D eigenvalue weighted by Crippen LogP contribution is 2.14. The summed E-state index contributed by atoms with van der Waals surface area (Å²) in [6.07, 6.45) is 3.75. The van der Waals surface area contributed by atoms with Crippen molar-refractivity contribution in [3.8, 4) is 0 Å². The summed E-state index contributed by atoms with van der Waals surface area (Å²) in [6, 6.07) is 0. The maximum atomic E-state index is 10.3. The molecule has 1 aromatic rings. The predicted octanol–water partition coefficient (Wildman–Crippen LogP) is 1.31. The summed E-state index contributed by atoms with van der Waals surface area (Å²) in [5, 5.41) is 17.0. The molecule has 0 aromatic carbocycles. The van der Waals surface area contributed by atoms with Gasteiger partial charge in [0.1, 0.15) is 0 Å². The maximum Gasteiger partial charge on any atom is 0.303 e. The second-order valence-electron chi connectivity index (χ2n) is 3.21. The zero-order chi connectivity index (χ0) is 11.3. The van der Waals surface area contributed by atoms with Gasteiger partial charge in [0.05, 0.1) is 12.5 Å². The zero-order valence-corrected chi connectivity index (χ0v) is 8.10. The molecule has 0 unspecified atom stereocenters. The van der Waals surface area contributed by atoms with E-state index >= 15 is 0 Å². The predicted molar refractivity (Wildman–Crippen MR) is 50.6 cm³/mol. The number of aryl methyl sites for hydroxylation is 2. The molecule has 2 N–H and O–H groups in total. The van der Waals surface area contributed by atoms with E-state index in [1.807, 2.05) is 0 Å². The molecule has 0 aliphatic heterocycles. The topological polar surface area (TPSA) is 87.7 Å². The normalized spacial score (nSPS) is 10.1. The van der Waals surface area contributed by atoms with Gasteiger partial charge in [-0.15, -0.1) is 0 Å². The average Bonchev–Trinajstić information content (AvgIpc) is 2.58. The van der Waals surface area contributed by atoms with Crippen LogP contribution < -0.4 is 0 Å². The monoisotopic (exact) mass is 212 g/mol. The van der Waals surface area contributed by atoms with Crippen molar-refractivity contribution in [1.29, 1.82) is 0 Å². The van der Waals surface area contributed by atoms with Crippen molar-refractivity contribution >= 4 is 11.9 Å². The molecule has 15 heavy (non-hydrogen) atoms. The number of carboxylic acids is 2. The first-order valence-corrected chi connectivity index (χ1v) is 4.57. The van der Waals surface area contributed by atoms with Gasteiger partial charge in [0.25, 0.3) is 0 Å². The highest BCUT2D eigenvalue weighted by Gasteiger charge is 2.09. The molecule has 0 saturated heterocycles. The zero-order valence-electron chi connectivity index (χ0n) is 8.10. The van der Waals surface area contributed by atoms with Crippen molar-refractivity contribution in [3.05, 3.63) is 23.7 Å². The highest BCUT2D eigenvalue weighted by atomic mass is 16.4. The van der Waals surface area contributed by atoms with E-state index in [2.05, 4.69) is 0 Å². The minimum absolute atomic E-state index is 0.0274. The van der Waals surface area contributed by atoms with E-state index in [9.17, 15) is 9.59 Å². The van der Waals surface area contributed by atoms with E-state index in [0.29, 0.717) is 12.8 Å². The van der Waals surface area contributed by atoms with Gasteiger partial charge in [0.15, 0.2) is 0 Å². The van der Waals surface area contributed by atoms with Crippen molar-refractivity contribution < 1.29 is 24.2 Å². The van der Waals surface area contributed by atoms with Gasteiger partial charge < -0.3 is 14.6 Å². The molecule has 5 heteroatoms. The first kappa shape index (κ1) is 11.3. The van der Waals surface area contributed by atoms with Crippen LogP contribution in [0.15, 0.2) is 16.9 Å². The quantitative estimate of drug-likeness (QED) is 0.742. The van der Waals surface area contributed by atoms with Crippen LogP contribution in [-0.4, -0.2) is 22.2 Å². The lowest BCUT2D eigenvalue weighted by Gasteiger charge is -1.98. The summed E-state index contributed by atoms with van der Waals surface area (Å²) in [5.74, 6) is -1.75. The van der Waals surface area contributed by atoms with Crippen LogP contribution >= 0.6 is 0 Å². The van der Waals surface area contributed by atoms with Crippen LogP contribution in [0.5, 0.6) is 0 Å². The third-order valence-corrected chi connectivity index (χ3v) is 2.05. The smallest absolute Gasteiger partial charge is 0.303 e. The summed E-state index contributed by atoms with van der Waals surface area (Å²) < 4.78 is 4.92. The van der Waals surface area contributed by atoms with E-state index in [1.165, 1.54) is 12.5 Å². The maximum absolute atomic E-state index is 10.3. The second-order valence-corrected chi connectivity index (χ2v) is 3.21. The lowest BCUT2D eigenvalue weighted by molar-refractivity contribution is -0.138. The Kier molecular flexibility index (Phi) is 3.91. The lowest BCUT2D eigenvalue weighted by atomic mass is 10.0. The summed E-state index contributed by atoms with van der Waals surface area (Å²) in [7, 11) is 0. The largest absolute Gasteiger partial charge is 0.481 e. The number of carboxylic acid groups (broad SMARTS) is 2. The van der Waals surface area contributed by atoms with Gasteiger partial charge in [0.2, 0.25) is 0 Å². The molecule has 0 saturated carbocycles. The van der Waals surface area contributed by atoms with E-state index in [0.717, 1.165) is 11.1 Å². The van der Waals surface area contributed by atoms with E-state index in [4.69, 9.17) is 14.6 Å². The summed E-state index contributed by atoms with van der Waals surface area (Å²) >= 11 is 0. The average molecular weight is 212 g/mol. The fourth-order valence-electron chi connectivity index (χ4n) is 1.27. The molecule has 0 spiro atoms. The Bertz CT molecular complexity index is 320. The van der Waals surface area contributed by atoms with Gasteiger partial charge in [-0.3, -0.25) is 9.59 Å². The molecular weight excluding hydrogens is 200 g/mol. The van der Waals surface area contributed by atoms with Crippen LogP contribution in [0.4, 0.5) is 0 Å². The van der Waals surface area contributed by atoms with Crippen molar-refractivity contribution in [2.24, 2.45) is 0 Å². The van der Waals surface area contributed by atoms with Gasteiger partial charge >= 0.3 is 11.9 Å². The van der Waals surface area contributed by atoms with Crippen molar-refractivity contribution in [2.75, 3.05) is 0 Å². The fraction of sp³-hybridized carbons (Fsp3) is 0.400. The van der Waals surface area contributed by atoms with E-state index in [-0.39, 0.29) is 12.8 Å². The first-order chi connectivity index (χ1) is 7.09. The second kappa shape index (κ2) is 5.19. The number of carbonyl (C=O) groups is 2. The molecule has 0 radical (unpaired) electrons. The van der Waals surface area contributed by atoms with Crippen LogP contribution in [0, 0.1) is 0 Å². The van der Waals surface area contributed by atoms with Crippen molar-refractivity contribution in [3.63, 3.8) is 0 Å². The van der Waals surface area contributed by atoms with Gasteiger partial charge in [0, 0.05) is 12.8 Å². The minimum Gasteiger partial charge on any atom is -0.481 e. The minimum atomic E-state index is -0.875. The van der Waals surface area contributed by atoms with Gasteiger partial charge in [-0.25, -0.2) is 0 Å². The van der Waals surface area contributed by atoms with Crippen molar-refractivity contribution in [2.45, 2.75) is 25.7 Å². The third kappa shape index (κ3) is 3.84. The fourth-order valence-corrected chi connectivity index (χ4v) is 1.27. The lowest BCUT2D eigenvalue weighted by Crippen LogP contribution is -2.01.